The number of ether oxygens (including phenoxy) is 5. The molecule has 0 aromatic heterocycles. The van der Waals surface area contributed by atoms with Gasteiger partial charge in [0, 0.05) is 20.3 Å². The van der Waals surface area contributed by atoms with Crippen LogP contribution in [0.5, 0.6) is 0 Å². The van der Waals surface area contributed by atoms with Gasteiger partial charge in [0.25, 0.3) is 5.79 Å². The number of amides is 2. The van der Waals surface area contributed by atoms with Crippen molar-refractivity contribution in [2.24, 2.45) is 0 Å². The zero-order valence-corrected chi connectivity index (χ0v) is 24.7. The van der Waals surface area contributed by atoms with Crippen LogP contribution in [0.15, 0.2) is 0 Å². The van der Waals surface area contributed by atoms with Gasteiger partial charge in [-0.2, -0.15) is 0 Å². The van der Waals surface area contributed by atoms with Gasteiger partial charge < -0.3 is 90.5 Å². The summed E-state index contributed by atoms with van der Waals surface area (Å²) in [5.74, 6) is -6.18. The van der Waals surface area contributed by atoms with Crippen LogP contribution in [-0.4, -0.2) is 191 Å². The second kappa shape index (κ2) is 15.8. The number of carboxylic acids is 1. The van der Waals surface area contributed by atoms with Crippen LogP contribution in [0.3, 0.4) is 0 Å². The number of aliphatic hydroxyl groups is 10. The number of nitrogens with one attached hydrogen (secondary N) is 2. The second-order valence-electron chi connectivity index (χ2n) is 11.3. The summed E-state index contributed by atoms with van der Waals surface area (Å²) in [6, 6.07) is -3.06. The van der Waals surface area contributed by atoms with Crippen molar-refractivity contribution >= 4 is 17.8 Å². The molecule has 0 aromatic rings. The normalized spacial score (nSPS) is 42.9. The molecule has 3 aliphatic heterocycles. The van der Waals surface area contributed by atoms with Crippen LogP contribution in [0.2, 0.25) is 0 Å². The van der Waals surface area contributed by atoms with Crippen LogP contribution in [0.4, 0.5) is 0 Å². The second-order valence-corrected chi connectivity index (χ2v) is 11.3. The molecule has 266 valence electrons. The van der Waals surface area contributed by atoms with Crippen molar-refractivity contribution in [1.29, 1.82) is 0 Å². The van der Waals surface area contributed by atoms with Gasteiger partial charge in [0.05, 0.1) is 32.0 Å². The van der Waals surface area contributed by atoms with E-state index in [1.807, 2.05) is 0 Å². The van der Waals surface area contributed by atoms with Gasteiger partial charge in [-0.25, -0.2) is 4.79 Å². The number of carboxylic acid groups (broad SMARTS) is 1. The third kappa shape index (κ3) is 8.26. The first-order valence-corrected chi connectivity index (χ1v) is 14.2. The zero-order chi connectivity index (χ0) is 34.7. The van der Waals surface area contributed by atoms with Crippen molar-refractivity contribution in [3.63, 3.8) is 0 Å². The zero-order valence-electron chi connectivity index (χ0n) is 24.7. The number of carbonyl (C=O) groups excluding carboxylic acids is 2. The highest BCUT2D eigenvalue weighted by molar-refractivity contribution is 5.76. The van der Waals surface area contributed by atoms with Gasteiger partial charge in [-0.1, -0.05) is 0 Å². The van der Waals surface area contributed by atoms with Gasteiger partial charge in [0.2, 0.25) is 11.8 Å². The lowest BCUT2D eigenvalue weighted by atomic mass is 9.88. The quantitative estimate of drug-likeness (QED) is 0.0913. The highest BCUT2D eigenvalue weighted by atomic mass is 16.7. The van der Waals surface area contributed by atoms with Gasteiger partial charge in [0.15, 0.2) is 12.6 Å². The Balaban J connectivity index is 1.87. The third-order valence-electron chi connectivity index (χ3n) is 7.87. The molecule has 0 bridgehead atoms. The van der Waals surface area contributed by atoms with Crippen molar-refractivity contribution < 1.29 is 94.2 Å². The summed E-state index contributed by atoms with van der Waals surface area (Å²) in [6.45, 7) is -0.705. The van der Waals surface area contributed by atoms with Crippen LogP contribution in [0.1, 0.15) is 20.3 Å². The predicted molar refractivity (Wildman–Crippen MR) is 142 cm³/mol. The number of carbonyl (C=O) groups is 3. The highest BCUT2D eigenvalue weighted by Gasteiger charge is 2.57. The number of aliphatic hydroxyl groups excluding tert-OH is 10. The van der Waals surface area contributed by atoms with Crippen LogP contribution < -0.4 is 10.6 Å². The Hall–Kier alpha value is -2.19. The molecule has 21 heteroatoms. The molecule has 2 amide bonds. The first-order chi connectivity index (χ1) is 21.5. The summed E-state index contributed by atoms with van der Waals surface area (Å²) in [5.41, 5.74) is 0. The van der Waals surface area contributed by atoms with Crippen molar-refractivity contribution in [3.8, 4) is 0 Å². The van der Waals surface area contributed by atoms with E-state index in [4.69, 9.17) is 23.7 Å². The summed E-state index contributed by atoms with van der Waals surface area (Å²) in [4.78, 5) is 36.0. The molecule has 3 aliphatic rings. The SMILES string of the molecule is CC(=O)N[C@@H]1[C@@H](O[C@@H]2O[C@H](CO)[C@H](O)[C@H](O)[C@H]2O)[C@H](O)[C@@H](CO[C@@]2(C(=O)O)C[C@H](O)[C@@H](NC(C)=O)[C@H]([C@H](O)[C@H](O)CO)O2)O[C@@H]1O. The van der Waals surface area contributed by atoms with E-state index < -0.39 is 142 Å². The maximum absolute atomic E-state index is 12.5. The van der Waals surface area contributed by atoms with Gasteiger partial charge in [-0.3, -0.25) is 9.59 Å². The van der Waals surface area contributed by atoms with E-state index in [2.05, 4.69) is 10.6 Å². The summed E-state index contributed by atoms with van der Waals surface area (Å²) in [7, 11) is 0. The fourth-order valence-electron chi connectivity index (χ4n) is 5.45. The Morgan fingerprint density at radius 2 is 1.48 bits per heavy atom. The molecule has 16 atom stereocenters. The molecule has 0 unspecified atom stereocenters. The Kier molecular flexibility index (Phi) is 13.1. The van der Waals surface area contributed by atoms with Crippen LogP contribution >= 0.6 is 0 Å². The third-order valence-corrected chi connectivity index (χ3v) is 7.87. The van der Waals surface area contributed by atoms with E-state index in [1.165, 1.54) is 0 Å². The summed E-state index contributed by atoms with van der Waals surface area (Å²) in [5, 5.41) is 117. The minimum atomic E-state index is -2.84. The maximum Gasteiger partial charge on any atom is 0.364 e. The molecular formula is C25H42N2O19. The summed E-state index contributed by atoms with van der Waals surface area (Å²) < 4.78 is 27.2. The number of aliphatic carboxylic acids is 1. The fraction of sp³-hybridized carbons (Fsp3) is 0.880. The molecule has 0 saturated carbocycles. The predicted octanol–water partition coefficient (Wildman–Crippen LogP) is -8.08. The van der Waals surface area contributed by atoms with E-state index >= 15 is 0 Å². The first-order valence-electron chi connectivity index (χ1n) is 14.2. The average molecular weight is 675 g/mol. The fourth-order valence-corrected chi connectivity index (χ4v) is 5.45. The van der Waals surface area contributed by atoms with Gasteiger partial charge >= 0.3 is 5.97 Å². The molecule has 46 heavy (non-hydrogen) atoms. The smallest absolute Gasteiger partial charge is 0.364 e. The van der Waals surface area contributed by atoms with E-state index in [0.29, 0.717) is 0 Å². The van der Waals surface area contributed by atoms with E-state index in [1.54, 1.807) is 0 Å². The molecule has 0 radical (unpaired) electrons. The molecule has 0 aromatic carbocycles. The molecule has 0 aliphatic carbocycles. The monoisotopic (exact) mass is 674 g/mol. The van der Waals surface area contributed by atoms with E-state index in [9.17, 15) is 70.6 Å². The lowest BCUT2D eigenvalue weighted by molar-refractivity contribution is -0.351. The topological polar surface area (TPSA) is 344 Å². The number of rotatable bonds is 12. The average Bonchev–Trinajstić information content (AvgIpc) is 2.99. The van der Waals surface area contributed by atoms with E-state index in [-0.39, 0.29) is 0 Å². The molecule has 21 nitrogen and oxygen atoms in total. The van der Waals surface area contributed by atoms with Gasteiger partial charge in [-0.05, 0) is 0 Å². The van der Waals surface area contributed by atoms with Crippen molar-refractivity contribution in [1.82, 2.24) is 10.6 Å². The number of hydrogen-bond acceptors (Lipinski definition) is 18. The Morgan fingerprint density at radius 3 is 2.02 bits per heavy atom. The molecule has 3 rings (SSSR count). The van der Waals surface area contributed by atoms with Crippen molar-refractivity contribution in [3.05, 3.63) is 0 Å². The van der Waals surface area contributed by atoms with Crippen LogP contribution in [-0.2, 0) is 38.1 Å². The first kappa shape index (κ1) is 38.3. The summed E-state index contributed by atoms with van der Waals surface area (Å²) >= 11 is 0. The van der Waals surface area contributed by atoms with Gasteiger partial charge in [-0.15, -0.1) is 0 Å². The minimum absolute atomic E-state index is 0.723. The highest BCUT2D eigenvalue weighted by Crippen LogP contribution is 2.35. The lowest BCUT2D eigenvalue weighted by Gasteiger charge is -2.48. The Morgan fingerprint density at radius 1 is 0.870 bits per heavy atom. The number of hydrogen-bond donors (Lipinski definition) is 13. The Bertz CT molecular complexity index is 1050. The minimum Gasteiger partial charge on any atom is -0.477 e. The maximum atomic E-state index is 12.5. The van der Waals surface area contributed by atoms with Crippen molar-refractivity contribution in [2.75, 3.05) is 19.8 Å². The van der Waals surface area contributed by atoms with Crippen LogP contribution in [0, 0.1) is 0 Å². The molecule has 3 fully saturated rings. The summed E-state index contributed by atoms with van der Waals surface area (Å²) in [6.07, 6.45) is -24.8. The van der Waals surface area contributed by atoms with Crippen molar-refractivity contribution in [2.45, 2.75) is 118 Å². The molecule has 13 N–H and O–H groups in total. The lowest BCUT2D eigenvalue weighted by Crippen LogP contribution is -2.69. The molecule has 0 spiro atoms. The standard InChI is InChI=1S/C25H42N2O19/c1-7(30)26-13-9(32)3-25(24(40)41,46-21(13)15(34)10(33)4-28)42-6-12-17(36)20(14(22(39)43-12)27-8(2)31)45-23-19(38)18(37)16(35)11(5-29)44-23/h9-23,28-29,32-39H,3-6H2,1-2H3,(H,26,30)(H,27,31)(H,40,41)/t9-,10+,11+,12+,13+,14+,15+,16-,17+,18-,19+,20+,21+,22-,23-,25-/m0/s1. The molecule has 3 saturated heterocycles. The molecular weight excluding hydrogens is 632 g/mol. The van der Waals surface area contributed by atoms with Crippen LogP contribution in [0.25, 0.3) is 0 Å². The van der Waals surface area contributed by atoms with Gasteiger partial charge in [0.1, 0.15) is 67.1 Å². The van der Waals surface area contributed by atoms with E-state index in [0.717, 1.165) is 13.8 Å². The molecule has 3 heterocycles. The Labute approximate surface area is 260 Å². The largest absolute Gasteiger partial charge is 0.477 e.